The van der Waals surface area contributed by atoms with Crippen molar-refractivity contribution >= 4 is 15.7 Å². The van der Waals surface area contributed by atoms with Gasteiger partial charge in [-0.1, -0.05) is 6.92 Å². The molecule has 0 atom stereocenters. The SMILES string of the molecule is CCS(=O)(=O)CCCC(=O)N(C)C. The van der Waals surface area contributed by atoms with Gasteiger partial charge in [0.2, 0.25) is 5.91 Å². The average molecular weight is 207 g/mol. The van der Waals surface area contributed by atoms with Crippen LogP contribution in [0.1, 0.15) is 19.8 Å². The number of hydrogen-bond donors (Lipinski definition) is 0. The zero-order valence-corrected chi connectivity index (χ0v) is 9.23. The molecule has 78 valence electrons. The van der Waals surface area contributed by atoms with E-state index in [-0.39, 0.29) is 17.4 Å². The molecule has 1 amide bonds. The Kier molecular flexibility index (Phi) is 4.98. The van der Waals surface area contributed by atoms with Gasteiger partial charge < -0.3 is 4.90 Å². The second-order valence-corrected chi connectivity index (χ2v) is 5.60. The Bertz CT molecular complexity index is 257. The molecule has 0 unspecified atom stereocenters. The summed E-state index contributed by atoms with van der Waals surface area (Å²) in [4.78, 5) is 12.5. The van der Waals surface area contributed by atoms with Gasteiger partial charge in [-0.25, -0.2) is 8.42 Å². The van der Waals surface area contributed by atoms with E-state index < -0.39 is 9.84 Å². The summed E-state index contributed by atoms with van der Waals surface area (Å²) in [6.07, 6.45) is 0.736. The van der Waals surface area contributed by atoms with Gasteiger partial charge in [0.05, 0.1) is 5.75 Å². The summed E-state index contributed by atoms with van der Waals surface area (Å²) in [5, 5.41) is 0. The summed E-state index contributed by atoms with van der Waals surface area (Å²) < 4.78 is 22.1. The smallest absolute Gasteiger partial charge is 0.222 e. The quantitative estimate of drug-likeness (QED) is 0.651. The molecule has 0 rings (SSSR count). The number of amides is 1. The molecule has 0 aromatic carbocycles. The lowest BCUT2D eigenvalue weighted by Crippen LogP contribution is -2.22. The highest BCUT2D eigenvalue weighted by Gasteiger charge is 2.09. The molecule has 4 nitrogen and oxygen atoms in total. The minimum Gasteiger partial charge on any atom is -0.349 e. The first-order chi connectivity index (χ1) is 5.89. The van der Waals surface area contributed by atoms with Crippen molar-refractivity contribution in [2.75, 3.05) is 25.6 Å². The van der Waals surface area contributed by atoms with Crippen molar-refractivity contribution in [1.82, 2.24) is 4.90 Å². The number of rotatable bonds is 5. The van der Waals surface area contributed by atoms with Crippen LogP contribution in [0.25, 0.3) is 0 Å². The third-order valence-electron chi connectivity index (χ3n) is 1.78. The Morgan fingerprint density at radius 3 is 2.23 bits per heavy atom. The van der Waals surface area contributed by atoms with Gasteiger partial charge in [-0.3, -0.25) is 4.79 Å². The van der Waals surface area contributed by atoms with Crippen molar-refractivity contribution in [2.24, 2.45) is 0 Å². The summed E-state index contributed by atoms with van der Waals surface area (Å²) in [7, 11) is 0.415. The van der Waals surface area contributed by atoms with Crippen molar-refractivity contribution in [2.45, 2.75) is 19.8 Å². The standard InChI is InChI=1S/C8H17NO3S/c1-4-13(11,12)7-5-6-8(10)9(2)3/h4-7H2,1-3H3. The van der Waals surface area contributed by atoms with Crippen LogP contribution in [-0.2, 0) is 14.6 Å². The Balaban J connectivity index is 3.76. The van der Waals surface area contributed by atoms with Gasteiger partial charge in [-0.15, -0.1) is 0 Å². The van der Waals surface area contributed by atoms with E-state index in [1.165, 1.54) is 4.90 Å². The predicted octanol–water partition coefficient (Wildman–Crippen LogP) is 0.290. The first-order valence-electron chi connectivity index (χ1n) is 4.29. The summed E-state index contributed by atoms with van der Waals surface area (Å²) >= 11 is 0. The molecular weight excluding hydrogens is 190 g/mol. The maximum atomic E-state index is 11.0. The molecular formula is C8H17NO3S. The third kappa shape index (κ3) is 5.63. The molecule has 0 aliphatic heterocycles. The maximum absolute atomic E-state index is 11.0. The molecule has 0 aliphatic carbocycles. The number of sulfone groups is 1. The van der Waals surface area contributed by atoms with Crippen molar-refractivity contribution < 1.29 is 13.2 Å². The zero-order valence-electron chi connectivity index (χ0n) is 8.41. The monoisotopic (exact) mass is 207 g/mol. The highest BCUT2D eigenvalue weighted by molar-refractivity contribution is 7.91. The highest BCUT2D eigenvalue weighted by Crippen LogP contribution is 1.99. The van der Waals surface area contributed by atoms with Gasteiger partial charge >= 0.3 is 0 Å². The van der Waals surface area contributed by atoms with Crippen LogP contribution in [-0.4, -0.2) is 44.8 Å². The summed E-state index contributed by atoms with van der Waals surface area (Å²) in [5.41, 5.74) is 0. The lowest BCUT2D eigenvalue weighted by Gasteiger charge is -2.09. The van der Waals surface area contributed by atoms with Gasteiger partial charge in [-0.2, -0.15) is 0 Å². The second kappa shape index (κ2) is 5.21. The Hall–Kier alpha value is -0.580. The summed E-state index contributed by atoms with van der Waals surface area (Å²) in [6, 6.07) is 0. The normalized spacial score (nSPS) is 11.3. The second-order valence-electron chi connectivity index (χ2n) is 3.13. The van der Waals surface area contributed by atoms with Crippen molar-refractivity contribution in [3.63, 3.8) is 0 Å². The van der Waals surface area contributed by atoms with Crippen molar-refractivity contribution in [3.05, 3.63) is 0 Å². The van der Waals surface area contributed by atoms with Crippen LogP contribution < -0.4 is 0 Å². The van der Waals surface area contributed by atoms with Crippen molar-refractivity contribution in [1.29, 1.82) is 0 Å². The topological polar surface area (TPSA) is 54.5 Å². The first kappa shape index (κ1) is 12.4. The minimum absolute atomic E-state index is 0.0219. The molecule has 0 heterocycles. The van der Waals surface area contributed by atoms with Gasteiger partial charge in [0.25, 0.3) is 0 Å². The molecule has 0 aliphatic rings. The van der Waals surface area contributed by atoms with Crippen LogP contribution in [0.3, 0.4) is 0 Å². The van der Waals surface area contributed by atoms with Crippen LogP contribution in [0.5, 0.6) is 0 Å². The Morgan fingerprint density at radius 2 is 1.85 bits per heavy atom. The molecule has 0 saturated carbocycles. The number of nitrogens with zero attached hydrogens (tertiary/aromatic N) is 1. The first-order valence-corrected chi connectivity index (χ1v) is 6.11. The van der Waals surface area contributed by atoms with Gasteiger partial charge in [-0.05, 0) is 6.42 Å². The molecule has 0 radical (unpaired) electrons. The van der Waals surface area contributed by atoms with Gasteiger partial charge in [0.15, 0.2) is 0 Å². The molecule has 0 fully saturated rings. The summed E-state index contributed by atoms with van der Waals surface area (Å²) in [6.45, 7) is 1.61. The van der Waals surface area contributed by atoms with E-state index in [4.69, 9.17) is 0 Å². The van der Waals surface area contributed by atoms with E-state index in [1.54, 1.807) is 21.0 Å². The number of carbonyl (C=O) groups is 1. The van der Waals surface area contributed by atoms with Crippen LogP contribution >= 0.6 is 0 Å². The largest absolute Gasteiger partial charge is 0.349 e. The Morgan fingerprint density at radius 1 is 1.31 bits per heavy atom. The van der Waals surface area contributed by atoms with Crippen LogP contribution in [0.2, 0.25) is 0 Å². The van der Waals surface area contributed by atoms with Gasteiger partial charge in [0.1, 0.15) is 9.84 Å². The maximum Gasteiger partial charge on any atom is 0.222 e. The molecule has 0 spiro atoms. The average Bonchev–Trinajstić information content (AvgIpc) is 2.04. The molecule has 0 saturated heterocycles. The number of hydrogen-bond acceptors (Lipinski definition) is 3. The Labute approximate surface area is 79.8 Å². The summed E-state index contributed by atoms with van der Waals surface area (Å²) in [5.74, 6) is 0.248. The van der Waals surface area contributed by atoms with E-state index in [9.17, 15) is 13.2 Å². The lowest BCUT2D eigenvalue weighted by atomic mass is 10.3. The van der Waals surface area contributed by atoms with E-state index in [2.05, 4.69) is 0 Å². The fourth-order valence-corrected chi connectivity index (χ4v) is 1.68. The number of carbonyl (C=O) groups excluding carboxylic acids is 1. The van der Waals surface area contributed by atoms with Crippen LogP contribution in [0.4, 0.5) is 0 Å². The molecule has 0 bridgehead atoms. The van der Waals surface area contributed by atoms with E-state index in [1.807, 2.05) is 0 Å². The van der Waals surface area contributed by atoms with Crippen molar-refractivity contribution in [3.8, 4) is 0 Å². The molecule has 0 aromatic heterocycles. The lowest BCUT2D eigenvalue weighted by molar-refractivity contribution is -0.128. The van der Waals surface area contributed by atoms with E-state index >= 15 is 0 Å². The van der Waals surface area contributed by atoms with E-state index in [0.717, 1.165) is 0 Å². The predicted molar refractivity (Wildman–Crippen MR) is 52.3 cm³/mol. The molecule has 0 N–H and O–H groups in total. The van der Waals surface area contributed by atoms with Crippen LogP contribution in [0, 0.1) is 0 Å². The van der Waals surface area contributed by atoms with Crippen LogP contribution in [0.15, 0.2) is 0 Å². The third-order valence-corrected chi connectivity index (χ3v) is 3.57. The molecule has 13 heavy (non-hydrogen) atoms. The fraction of sp³-hybridized carbons (Fsp3) is 0.875. The highest BCUT2D eigenvalue weighted by atomic mass is 32.2. The van der Waals surface area contributed by atoms with Gasteiger partial charge in [0, 0.05) is 26.3 Å². The molecule has 5 heteroatoms. The molecule has 0 aromatic rings. The minimum atomic E-state index is -2.91. The zero-order chi connectivity index (χ0) is 10.5. The van der Waals surface area contributed by atoms with E-state index in [0.29, 0.717) is 12.8 Å². The fourth-order valence-electron chi connectivity index (χ4n) is 0.811.